The lowest BCUT2D eigenvalue weighted by Crippen LogP contribution is -2.22. The van der Waals surface area contributed by atoms with E-state index in [4.69, 9.17) is 10.7 Å². The third kappa shape index (κ3) is 4.58. The molecule has 118 valence electrons. The highest BCUT2D eigenvalue weighted by molar-refractivity contribution is 6.31. The maximum atomic E-state index is 5.61. The fraction of sp³-hybridized carbons (Fsp3) is 0.438. The highest BCUT2D eigenvalue weighted by atomic mass is 16.8. The van der Waals surface area contributed by atoms with Crippen molar-refractivity contribution in [3.05, 3.63) is 24.3 Å². The number of benzene rings is 1. The molecule has 0 atom stereocenters. The molecule has 2 rings (SSSR count). The molecule has 0 fully saturated rings. The van der Waals surface area contributed by atoms with Crippen molar-refractivity contribution < 1.29 is 4.94 Å². The molecule has 0 aliphatic carbocycles. The van der Waals surface area contributed by atoms with Crippen molar-refractivity contribution in [1.82, 2.24) is 0 Å². The van der Waals surface area contributed by atoms with E-state index in [1.54, 1.807) is 6.21 Å². The Bertz CT molecular complexity index is 592. The standard InChI is InChI=1S/C16H23N5O/c1-12(2)11-21(3)15-7-5-4-6-14(15)18-10-13-8-9-16(17)20-22-19-13/h4-7,10,12H,8-9,11H2,1-3H3,(H2,17,20). The largest absolute Gasteiger partial charge is 0.384 e. The van der Waals surface area contributed by atoms with Crippen LogP contribution in [0, 0.1) is 5.92 Å². The number of para-hydroxylation sites is 2. The van der Waals surface area contributed by atoms with Crippen LogP contribution in [0.2, 0.25) is 0 Å². The number of anilines is 1. The summed E-state index contributed by atoms with van der Waals surface area (Å²) in [5, 5.41) is 7.54. The van der Waals surface area contributed by atoms with Gasteiger partial charge in [0, 0.05) is 26.4 Å². The second kappa shape index (κ2) is 7.59. The van der Waals surface area contributed by atoms with Crippen LogP contribution in [0.4, 0.5) is 11.4 Å². The molecule has 2 N–H and O–H groups in total. The van der Waals surface area contributed by atoms with E-state index in [0.717, 1.165) is 23.6 Å². The molecule has 22 heavy (non-hydrogen) atoms. The van der Waals surface area contributed by atoms with Gasteiger partial charge in [0.25, 0.3) is 0 Å². The van der Waals surface area contributed by atoms with E-state index in [1.807, 2.05) is 18.2 Å². The first-order valence-corrected chi connectivity index (χ1v) is 7.46. The first-order chi connectivity index (χ1) is 10.6. The van der Waals surface area contributed by atoms with E-state index in [-0.39, 0.29) is 0 Å². The first kappa shape index (κ1) is 16.0. The molecule has 1 aromatic carbocycles. The summed E-state index contributed by atoms with van der Waals surface area (Å²) >= 11 is 0. The van der Waals surface area contributed by atoms with Gasteiger partial charge in [-0.15, -0.1) is 0 Å². The minimum Gasteiger partial charge on any atom is -0.384 e. The molecular weight excluding hydrogens is 278 g/mol. The van der Waals surface area contributed by atoms with Gasteiger partial charge in [0.15, 0.2) is 0 Å². The van der Waals surface area contributed by atoms with Crippen molar-refractivity contribution >= 4 is 29.1 Å². The van der Waals surface area contributed by atoms with Gasteiger partial charge in [-0.1, -0.05) is 31.1 Å². The third-order valence-corrected chi connectivity index (χ3v) is 3.24. The quantitative estimate of drug-likeness (QED) is 0.850. The van der Waals surface area contributed by atoms with E-state index in [0.29, 0.717) is 24.6 Å². The van der Waals surface area contributed by atoms with E-state index >= 15 is 0 Å². The fourth-order valence-corrected chi connectivity index (χ4v) is 2.25. The SMILES string of the molecule is CC(C)CN(C)c1ccccc1N=CC1=NON=C(N)CC1. The smallest absolute Gasteiger partial charge is 0.142 e. The zero-order chi connectivity index (χ0) is 15.9. The average Bonchev–Trinajstić information content (AvgIpc) is 2.69. The minimum absolute atomic E-state index is 0.448. The van der Waals surface area contributed by atoms with Gasteiger partial charge in [0.05, 0.1) is 17.6 Å². The summed E-state index contributed by atoms with van der Waals surface area (Å²) in [6.07, 6.45) is 3.01. The molecule has 0 radical (unpaired) electrons. The number of hydrogen-bond acceptors (Lipinski definition) is 6. The molecule has 0 saturated heterocycles. The Morgan fingerprint density at radius 2 is 2.09 bits per heavy atom. The van der Waals surface area contributed by atoms with Crippen LogP contribution in [0.1, 0.15) is 26.7 Å². The molecule has 0 saturated carbocycles. The molecule has 6 nitrogen and oxygen atoms in total. The Morgan fingerprint density at radius 1 is 1.32 bits per heavy atom. The van der Waals surface area contributed by atoms with Gasteiger partial charge in [-0.05, 0) is 23.2 Å². The zero-order valence-electron chi connectivity index (χ0n) is 13.4. The second-order valence-corrected chi connectivity index (χ2v) is 5.77. The van der Waals surface area contributed by atoms with Crippen molar-refractivity contribution in [2.45, 2.75) is 26.7 Å². The first-order valence-electron chi connectivity index (χ1n) is 7.46. The summed E-state index contributed by atoms with van der Waals surface area (Å²) in [4.78, 5) is 11.6. The molecule has 1 aromatic rings. The molecule has 0 amide bonds. The Labute approximate surface area is 131 Å². The van der Waals surface area contributed by atoms with Crippen LogP contribution in [0.3, 0.4) is 0 Å². The summed E-state index contributed by atoms with van der Waals surface area (Å²) in [6.45, 7) is 5.37. The van der Waals surface area contributed by atoms with Crippen molar-refractivity contribution in [3.8, 4) is 0 Å². The maximum absolute atomic E-state index is 5.61. The summed E-state index contributed by atoms with van der Waals surface area (Å²) < 4.78 is 0. The van der Waals surface area contributed by atoms with Gasteiger partial charge in [-0.25, -0.2) is 4.94 Å². The lowest BCUT2D eigenvalue weighted by molar-refractivity contribution is 0.156. The number of nitrogens with zero attached hydrogens (tertiary/aromatic N) is 4. The van der Waals surface area contributed by atoms with Crippen LogP contribution in [-0.4, -0.2) is 31.4 Å². The fourth-order valence-electron chi connectivity index (χ4n) is 2.25. The number of hydrogen-bond donors (Lipinski definition) is 1. The highest BCUT2D eigenvalue weighted by Gasteiger charge is 2.09. The zero-order valence-corrected chi connectivity index (χ0v) is 13.4. The Hall–Kier alpha value is -2.37. The molecule has 0 bridgehead atoms. The van der Waals surface area contributed by atoms with E-state index < -0.39 is 0 Å². The minimum atomic E-state index is 0.448. The lowest BCUT2D eigenvalue weighted by Gasteiger charge is -2.22. The predicted molar refractivity (Wildman–Crippen MR) is 92.1 cm³/mol. The lowest BCUT2D eigenvalue weighted by atomic mass is 10.2. The van der Waals surface area contributed by atoms with Gasteiger partial charge in [0.1, 0.15) is 11.5 Å². The summed E-state index contributed by atoms with van der Waals surface area (Å²) in [7, 11) is 2.08. The van der Waals surface area contributed by atoms with Crippen molar-refractivity contribution in [2.75, 3.05) is 18.5 Å². The number of oxime groups is 2. The molecule has 6 heteroatoms. The topological polar surface area (TPSA) is 75.6 Å². The molecule has 0 aromatic heterocycles. The predicted octanol–water partition coefficient (Wildman–Crippen LogP) is 2.92. The van der Waals surface area contributed by atoms with Crippen molar-refractivity contribution in [1.29, 1.82) is 0 Å². The second-order valence-electron chi connectivity index (χ2n) is 5.77. The van der Waals surface area contributed by atoms with E-state index in [2.05, 4.69) is 47.2 Å². The van der Waals surface area contributed by atoms with Crippen LogP contribution in [0.25, 0.3) is 0 Å². The normalized spacial score (nSPS) is 15.3. The van der Waals surface area contributed by atoms with Gasteiger partial charge >= 0.3 is 0 Å². The summed E-state index contributed by atoms with van der Waals surface area (Å²) in [6, 6.07) is 8.06. The average molecular weight is 301 g/mol. The number of aliphatic imine (C=N–C) groups is 1. The van der Waals surface area contributed by atoms with Crippen molar-refractivity contribution in [2.24, 2.45) is 27.0 Å². The monoisotopic (exact) mass is 301 g/mol. The number of amidine groups is 1. The molecule has 1 heterocycles. The molecule has 0 unspecified atom stereocenters. The number of rotatable bonds is 5. The van der Waals surface area contributed by atoms with Gasteiger partial charge in [-0.2, -0.15) is 0 Å². The molecule has 1 aliphatic rings. The maximum Gasteiger partial charge on any atom is 0.142 e. The summed E-state index contributed by atoms with van der Waals surface area (Å²) in [5.74, 6) is 1.03. The Balaban J connectivity index is 2.13. The summed E-state index contributed by atoms with van der Waals surface area (Å²) in [5.41, 5.74) is 8.35. The molecule has 1 aliphatic heterocycles. The van der Waals surface area contributed by atoms with Crippen molar-refractivity contribution in [3.63, 3.8) is 0 Å². The van der Waals surface area contributed by atoms with E-state index in [1.165, 1.54) is 0 Å². The Morgan fingerprint density at radius 3 is 2.86 bits per heavy atom. The van der Waals surface area contributed by atoms with Gasteiger partial charge in [0.2, 0.25) is 0 Å². The Kier molecular flexibility index (Phi) is 5.52. The van der Waals surface area contributed by atoms with Crippen LogP contribution >= 0.6 is 0 Å². The third-order valence-electron chi connectivity index (χ3n) is 3.24. The van der Waals surface area contributed by atoms with Crippen LogP contribution < -0.4 is 10.6 Å². The van der Waals surface area contributed by atoms with Gasteiger partial charge in [-0.3, -0.25) is 4.99 Å². The molecular formula is C16H23N5O. The molecule has 0 spiro atoms. The van der Waals surface area contributed by atoms with E-state index in [9.17, 15) is 0 Å². The van der Waals surface area contributed by atoms with Crippen LogP contribution in [0.5, 0.6) is 0 Å². The van der Waals surface area contributed by atoms with Crippen LogP contribution in [-0.2, 0) is 4.94 Å². The van der Waals surface area contributed by atoms with Crippen LogP contribution in [0.15, 0.2) is 39.6 Å². The van der Waals surface area contributed by atoms with Gasteiger partial charge < -0.3 is 10.6 Å². The highest BCUT2D eigenvalue weighted by Crippen LogP contribution is 2.27. The number of nitrogens with two attached hydrogens (primary N) is 1.